The summed E-state index contributed by atoms with van der Waals surface area (Å²) in [7, 11) is -1.27. The molecule has 0 bridgehead atoms. The number of pyridine rings is 1. The number of hydrogen-bond donors (Lipinski definition) is 0. The van der Waals surface area contributed by atoms with Gasteiger partial charge in [0, 0.05) is 57.8 Å². The van der Waals surface area contributed by atoms with Crippen molar-refractivity contribution in [1.82, 2.24) is 14.8 Å². The van der Waals surface area contributed by atoms with Gasteiger partial charge in [0.1, 0.15) is 0 Å². The van der Waals surface area contributed by atoms with E-state index in [4.69, 9.17) is 4.74 Å². The third-order valence-electron chi connectivity index (χ3n) is 4.60. The molecule has 6 nitrogen and oxygen atoms in total. The largest absolute Gasteiger partial charge is 0.383 e. The number of aromatic nitrogens is 1. The number of piperazine rings is 1. The Labute approximate surface area is 132 Å². The van der Waals surface area contributed by atoms with Gasteiger partial charge >= 0.3 is 0 Å². The van der Waals surface area contributed by atoms with E-state index < -0.39 is 9.84 Å². The minimum absolute atomic E-state index is 0.0795. The van der Waals surface area contributed by atoms with Crippen LogP contribution in [-0.4, -0.2) is 80.1 Å². The molecule has 0 N–H and O–H groups in total. The summed E-state index contributed by atoms with van der Waals surface area (Å²) >= 11 is 0. The van der Waals surface area contributed by atoms with Crippen molar-refractivity contribution in [3.8, 4) is 0 Å². The first-order chi connectivity index (χ1) is 10.6. The topological polar surface area (TPSA) is 62.7 Å². The number of methoxy groups -OCH3 is 1. The molecular formula is C15H23N3O3S. The van der Waals surface area contributed by atoms with Crippen LogP contribution >= 0.6 is 0 Å². The fourth-order valence-electron chi connectivity index (χ4n) is 3.51. The number of rotatable bonds is 5. The van der Waals surface area contributed by atoms with Crippen LogP contribution in [-0.2, 0) is 21.1 Å². The van der Waals surface area contributed by atoms with Crippen LogP contribution < -0.4 is 0 Å². The monoisotopic (exact) mass is 325 g/mol. The second-order valence-electron chi connectivity index (χ2n) is 6.07. The van der Waals surface area contributed by atoms with Crippen molar-refractivity contribution in [1.29, 1.82) is 0 Å². The quantitative estimate of drug-likeness (QED) is 0.760. The van der Waals surface area contributed by atoms with E-state index >= 15 is 0 Å². The van der Waals surface area contributed by atoms with Crippen LogP contribution in [0, 0.1) is 0 Å². The van der Waals surface area contributed by atoms with E-state index in [1.165, 1.54) is 0 Å². The number of nitrogens with zero attached hydrogens (tertiary/aromatic N) is 3. The van der Waals surface area contributed by atoms with Gasteiger partial charge < -0.3 is 4.74 Å². The third-order valence-corrected chi connectivity index (χ3v) is 6.30. The average molecular weight is 325 g/mol. The minimum Gasteiger partial charge on any atom is -0.383 e. The lowest BCUT2D eigenvalue weighted by atomic mass is 10.0. The van der Waals surface area contributed by atoms with Crippen LogP contribution in [0.2, 0.25) is 0 Å². The lowest BCUT2D eigenvalue weighted by Crippen LogP contribution is -2.59. The first-order valence-electron chi connectivity index (χ1n) is 7.65. The molecule has 0 aliphatic carbocycles. The lowest BCUT2D eigenvalue weighted by molar-refractivity contribution is 0.0252. The molecule has 2 aliphatic rings. The van der Waals surface area contributed by atoms with Crippen LogP contribution in [0.5, 0.6) is 0 Å². The maximum absolute atomic E-state index is 12.1. The zero-order valence-corrected chi connectivity index (χ0v) is 13.7. The Morgan fingerprint density at radius 2 is 2.00 bits per heavy atom. The maximum Gasteiger partial charge on any atom is 0.153 e. The van der Waals surface area contributed by atoms with E-state index in [0.29, 0.717) is 6.61 Å². The summed E-state index contributed by atoms with van der Waals surface area (Å²) in [5, 5.41) is 0. The van der Waals surface area contributed by atoms with Crippen molar-refractivity contribution in [3.63, 3.8) is 0 Å². The van der Waals surface area contributed by atoms with Crippen molar-refractivity contribution in [2.45, 2.75) is 18.6 Å². The Morgan fingerprint density at radius 1 is 1.27 bits per heavy atom. The zero-order chi connectivity index (χ0) is 15.6. The highest BCUT2D eigenvalue weighted by atomic mass is 32.2. The minimum atomic E-state index is -2.95. The van der Waals surface area contributed by atoms with Crippen LogP contribution in [0.4, 0.5) is 0 Å². The molecule has 1 aromatic heterocycles. The van der Waals surface area contributed by atoms with Crippen molar-refractivity contribution >= 4 is 9.84 Å². The predicted octanol–water partition coefficient (Wildman–Crippen LogP) is 0.0112. The molecule has 0 radical (unpaired) electrons. The molecule has 0 spiro atoms. The molecule has 122 valence electrons. The van der Waals surface area contributed by atoms with Crippen LogP contribution in [0.15, 0.2) is 24.5 Å². The summed E-state index contributed by atoms with van der Waals surface area (Å²) in [5.74, 6) is 0.534. The Balaban J connectivity index is 1.74. The first-order valence-corrected chi connectivity index (χ1v) is 9.47. The molecule has 3 heterocycles. The smallest absolute Gasteiger partial charge is 0.153 e. The standard InChI is InChI=1S/C15H23N3O3S/c1-21-8-7-17-5-6-18(10-13-3-2-4-16-9-13)15-12-22(19,20)11-14(15)17/h2-4,9,14-15H,5-8,10-12H2,1H3/t14-,15+/m0/s1. The molecule has 3 rings (SSSR count). The van der Waals surface area contributed by atoms with Crippen LogP contribution in [0.1, 0.15) is 5.56 Å². The van der Waals surface area contributed by atoms with Crippen molar-refractivity contribution < 1.29 is 13.2 Å². The van der Waals surface area contributed by atoms with Gasteiger partial charge in [-0.15, -0.1) is 0 Å². The molecular weight excluding hydrogens is 302 g/mol. The second-order valence-corrected chi connectivity index (χ2v) is 8.23. The molecule has 2 atom stereocenters. The van der Waals surface area contributed by atoms with E-state index in [1.807, 2.05) is 18.3 Å². The lowest BCUT2D eigenvalue weighted by Gasteiger charge is -2.43. The van der Waals surface area contributed by atoms with Gasteiger partial charge in [-0.1, -0.05) is 6.07 Å². The normalized spacial score (nSPS) is 28.6. The Bertz CT molecular complexity index is 593. The van der Waals surface area contributed by atoms with Gasteiger partial charge in [0.05, 0.1) is 18.1 Å². The summed E-state index contributed by atoms with van der Waals surface area (Å²) in [6.07, 6.45) is 3.62. The average Bonchev–Trinajstić information content (AvgIpc) is 2.83. The van der Waals surface area contributed by atoms with Gasteiger partial charge in [-0.3, -0.25) is 14.8 Å². The Kier molecular flexibility index (Phi) is 4.77. The summed E-state index contributed by atoms with van der Waals surface area (Å²) in [6, 6.07) is 4.14. The number of hydrogen-bond acceptors (Lipinski definition) is 6. The summed E-state index contributed by atoms with van der Waals surface area (Å²) < 4.78 is 29.4. The molecule has 0 unspecified atom stereocenters. The molecule has 22 heavy (non-hydrogen) atoms. The third kappa shape index (κ3) is 3.48. The van der Waals surface area contributed by atoms with Crippen LogP contribution in [0.25, 0.3) is 0 Å². The maximum atomic E-state index is 12.1. The predicted molar refractivity (Wildman–Crippen MR) is 84.3 cm³/mol. The Morgan fingerprint density at radius 3 is 2.68 bits per heavy atom. The number of fused-ring (bicyclic) bond motifs is 1. The van der Waals surface area contributed by atoms with Gasteiger partial charge in [0.15, 0.2) is 9.84 Å². The van der Waals surface area contributed by atoms with Crippen molar-refractivity contribution in [2.75, 3.05) is 44.9 Å². The van der Waals surface area contributed by atoms with E-state index in [1.54, 1.807) is 13.3 Å². The van der Waals surface area contributed by atoms with Gasteiger partial charge in [-0.25, -0.2) is 8.42 Å². The zero-order valence-electron chi connectivity index (χ0n) is 12.9. The highest BCUT2D eigenvalue weighted by Gasteiger charge is 2.46. The molecule has 0 amide bonds. The highest BCUT2D eigenvalue weighted by Crippen LogP contribution is 2.27. The van der Waals surface area contributed by atoms with Gasteiger partial charge in [0.25, 0.3) is 0 Å². The number of ether oxygens (including phenoxy) is 1. The van der Waals surface area contributed by atoms with Crippen LogP contribution in [0.3, 0.4) is 0 Å². The number of sulfone groups is 1. The van der Waals surface area contributed by atoms with E-state index in [-0.39, 0.29) is 23.6 Å². The van der Waals surface area contributed by atoms with Gasteiger partial charge in [0.2, 0.25) is 0 Å². The second kappa shape index (κ2) is 6.62. The molecule has 0 saturated carbocycles. The molecule has 0 aromatic carbocycles. The fourth-order valence-corrected chi connectivity index (χ4v) is 5.55. The molecule has 7 heteroatoms. The van der Waals surface area contributed by atoms with E-state index in [2.05, 4.69) is 14.8 Å². The van der Waals surface area contributed by atoms with Gasteiger partial charge in [-0.05, 0) is 11.6 Å². The summed E-state index contributed by atoms with van der Waals surface area (Å²) in [4.78, 5) is 8.73. The van der Waals surface area contributed by atoms with Gasteiger partial charge in [-0.2, -0.15) is 0 Å². The molecule has 2 saturated heterocycles. The van der Waals surface area contributed by atoms with Crippen molar-refractivity contribution in [2.24, 2.45) is 0 Å². The first kappa shape index (κ1) is 15.9. The molecule has 2 fully saturated rings. The summed E-state index contributed by atoms with van der Waals surface area (Å²) in [6.45, 7) is 3.98. The molecule has 2 aliphatic heterocycles. The van der Waals surface area contributed by atoms with E-state index in [9.17, 15) is 8.42 Å². The highest BCUT2D eigenvalue weighted by molar-refractivity contribution is 7.91. The SMILES string of the molecule is COCCN1CCN(Cc2cccnc2)[C@@H]2CS(=O)(=O)C[C@@H]21. The van der Waals surface area contributed by atoms with Crippen molar-refractivity contribution in [3.05, 3.63) is 30.1 Å². The summed E-state index contributed by atoms with van der Waals surface area (Å²) in [5.41, 5.74) is 1.14. The fraction of sp³-hybridized carbons (Fsp3) is 0.667. The Hall–Kier alpha value is -1.02. The van der Waals surface area contributed by atoms with E-state index in [0.717, 1.165) is 31.7 Å². The molecule has 1 aromatic rings.